The van der Waals surface area contributed by atoms with Gasteiger partial charge in [0, 0.05) is 55.7 Å². The number of anilines is 1. The summed E-state index contributed by atoms with van der Waals surface area (Å²) in [5.41, 5.74) is 8.32. The summed E-state index contributed by atoms with van der Waals surface area (Å²) >= 11 is 0. The zero-order valence-corrected chi connectivity index (χ0v) is 14.3. The molecule has 24 heavy (non-hydrogen) atoms. The highest BCUT2D eigenvalue weighted by Gasteiger charge is 2.23. The zero-order chi connectivity index (χ0) is 17.4. The van der Waals surface area contributed by atoms with Gasteiger partial charge in [-0.1, -0.05) is 0 Å². The van der Waals surface area contributed by atoms with Crippen LogP contribution in [0.15, 0.2) is 18.2 Å². The van der Waals surface area contributed by atoms with E-state index in [9.17, 15) is 9.18 Å². The van der Waals surface area contributed by atoms with Crippen LogP contribution in [-0.2, 0) is 4.79 Å². The molecule has 0 radical (unpaired) electrons. The zero-order valence-electron chi connectivity index (χ0n) is 14.3. The molecule has 0 aliphatic carbocycles. The van der Waals surface area contributed by atoms with Crippen molar-refractivity contribution in [1.82, 2.24) is 9.88 Å². The summed E-state index contributed by atoms with van der Waals surface area (Å²) in [6.07, 6.45) is 0. The van der Waals surface area contributed by atoms with Crippen molar-refractivity contribution >= 4 is 22.6 Å². The summed E-state index contributed by atoms with van der Waals surface area (Å²) in [5.74, 6) is 0.636. The lowest BCUT2D eigenvalue weighted by atomic mass is 10.0. The molecule has 0 unspecified atom stereocenters. The molecule has 1 aliphatic heterocycles. The fourth-order valence-electron chi connectivity index (χ4n) is 3.19. The van der Waals surface area contributed by atoms with Crippen molar-refractivity contribution < 1.29 is 9.18 Å². The Morgan fingerprint density at radius 3 is 2.54 bits per heavy atom. The third-order valence-electron chi connectivity index (χ3n) is 4.70. The summed E-state index contributed by atoms with van der Waals surface area (Å²) in [4.78, 5) is 20.2. The number of amides is 1. The van der Waals surface area contributed by atoms with Crippen LogP contribution >= 0.6 is 0 Å². The van der Waals surface area contributed by atoms with E-state index in [1.165, 1.54) is 6.07 Å². The predicted octanol–water partition coefficient (Wildman–Crippen LogP) is 2.37. The van der Waals surface area contributed by atoms with E-state index in [1.54, 1.807) is 19.9 Å². The lowest BCUT2D eigenvalue weighted by molar-refractivity contribution is -0.129. The Morgan fingerprint density at radius 2 is 1.96 bits per heavy atom. The molecule has 2 aromatic rings. The first-order chi connectivity index (χ1) is 11.4. The van der Waals surface area contributed by atoms with Crippen molar-refractivity contribution in [3.63, 3.8) is 0 Å². The van der Waals surface area contributed by atoms with Gasteiger partial charge in [-0.15, -0.1) is 0 Å². The number of carbonyl (C=O) groups is 1. The fraction of sp³-hybridized carbons (Fsp3) is 0.444. The topological polar surface area (TPSA) is 62.5 Å². The number of nitrogens with zero attached hydrogens (tertiary/aromatic N) is 3. The van der Waals surface area contributed by atoms with E-state index in [-0.39, 0.29) is 17.8 Å². The highest BCUT2D eigenvalue weighted by Crippen LogP contribution is 2.30. The van der Waals surface area contributed by atoms with Gasteiger partial charge in [-0.25, -0.2) is 9.37 Å². The summed E-state index contributed by atoms with van der Waals surface area (Å²) in [6.45, 7) is 7.98. The summed E-state index contributed by atoms with van der Waals surface area (Å²) in [6, 6.07) is 5.04. The number of pyridine rings is 1. The maximum atomic E-state index is 13.9. The van der Waals surface area contributed by atoms with Crippen LogP contribution in [0.4, 0.5) is 10.2 Å². The van der Waals surface area contributed by atoms with Crippen molar-refractivity contribution in [2.75, 3.05) is 31.1 Å². The molecule has 1 aromatic carbocycles. The van der Waals surface area contributed by atoms with Crippen LogP contribution < -0.4 is 10.6 Å². The smallest absolute Gasteiger partial charge is 0.219 e. The second-order valence-corrected chi connectivity index (χ2v) is 6.43. The van der Waals surface area contributed by atoms with Gasteiger partial charge in [-0.3, -0.25) is 4.79 Å². The van der Waals surface area contributed by atoms with Crippen molar-refractivity contribution in [2.45, 2.75) is 26.8 Å². The Bertz CT molecular complexity index is 782. The van der Waals surface area contributed by atoms with E-state index < -0.39 is 0 Å². The molecule has 3 rings (SSSR count). The predicted molar refractivity (Wildman–Crippen MR) is 93.5 cm³/mol. The molecule has 1 fully saturated rings. The highest BCUT2D eigenvalue weighted by molar-refractivity contribution is 5.85. The summed E-state index contributed by atoms with van der Waals surface area (Å²) in [7, 11) is 0. The number of carbonyl (C=O) groups excluding carboxylic acids is 1. The molecule has 2 N–H and O–H groups in total. The number of hydrogen-bond acceptors (Lipinski definition) is 4. The van der Waals surface area contributed by atoms with Gasteiger partial charge in [0.1, 0.15) is 11.6 Å². The highest BCUT2D eigenvalue weighted by atomic mass is 19.1. The van der Waals surface area contributed by atoms with Gasteiger partial charge >= 0.3 is 0 Å². The Hall–Kier alpha value is -2.21. The monoisotopic (exact) mass is 330 g/mol. The van der Waals surface area contributed by atoms with E-state index in [1.807, 2.05) is 17.9 Å². The van der Waals surface area contributed by atoms with Gasteiger partial charge in [0.2, 0.25) is 5.91 Å². The molecule has 1 atom stereocenters. The Morgan fingerprint density at radius 1 is 1.29 bits per heavy atom. The van der Waals surface area contributed by atoms with Crippen LogP contribution in [0.2, 0.25) is 0 Å². The molecule has 6 heteroatoms. The van der Waals surface area contributed by atoms with Crippen LogP contribution in [0, 0.1) is 12.7 Å². The average Bonchev–Trinajstić information content (AvgIpc) is 2.57. The second kappa shape index (κ2) is 6.36. The first-order valence-corrected chi connectivity index (χ1v) is 8.24. The molecule has 0 bridgehead atoms. The van der Waals surface area contributed by atoms with E-state index in [4.69, 9.17) is 10.7 Å². The number of aromatic nitrogens is 1. The van der Waals surface area contributed by atoms with Gasteiger partial charge in [-0.05, 0) is 32.0 Å². The maximum Gasteiger partial charge on any atom is 0.219 e. The largest absolute Gasteiger partial charge is 0.353 e. The number of benzene rings is 1. The number of fused-ring (bicyclic) bond motifs is 1. The molecule has 1 saturated heterocycles. The third kappa shape index (κ3) is 2.94. The molecule has 128 valence electrons. The van der Waals surface area contributed by atoms with Gasteiger partial charge in [0.25, 0.3) is 0 Å². The van der Waals surface area contributed by atoms with E-state index in [0.717, 1.165) is 16.8 Å². The lowest BCUT2D eigenvalue weighted by Gasteiger charge is -2.36. The molecule has 1 aromatic heterocycles. The fourth-order valence-corrected chi connectivity index (χ4v) is 3.19. The van der Waals surface area contributed by atoms with Crippen molar-refractivity contribution in [3.05, 3.63) is 35.1 Å². The number of piperazine rings is 1. The van der Waals surface area contributed by atoms with E-state index in [0.29, 0.717) is 37.3 Å². The number of hydrogen-bond donors (Lipinski definition) is 1. The molecule has 5 nitrogen and oxygen atoms in total. The van der Waals surface area contributed by atoms with Gasteiger partial charge in [0.15, 0.2) is 0 Å². The summed E-state index contributed by atoms with van der Waals surface area (Å²) < 4.78 is 13.9. The first-order valence-electron chi connectivity index (χ1n) is 8.24. The Labute approximate surface area is 141 Å². The van der Waals surface area contributed by atoms with Crippen LogP contribution in [0.5, 0.6) is 0 Å². The van der Waals surface area contributed by atoms with Gasteiger partial charge in [-0.2, -0.15) is 0 Å². The van der Waals surface area contributed by atoms with Crippen LogP contribution in [0.25, 0.3) is 10.9 Å². The van der Waals surface area contributed by atoms with Crippen LogP contribution in [0.1, 0.15) is 31.0 Å². The van der Waals surface area contributed by atoms with Crippen molar-refractivity contribution in [1.29, 1.82) is 0 Å². The standard InChI is InChI=1S/C18H23FN4O/c1-11-16(19)5-4-14-10-15(12(2)20)18(21-17(11)14)23-8-6-22(7-9-23)13(3)24/h4-5,10,12H,6-9,20H2,1-3H3/t12-/m0/s1. The lowest BCUT2D eigenvalue weighted by Crippen LogP contribution is -2.48. The molecule has 2 heterocycles. The molecular formula is C18H23FN4O. The van der Waals surface area contributed by atoms with Crippen molar-refractivity contribution in [3.8, 4) is 0 Å². The van der Waals surface area contributed by atoms with E-state index >= 15 is 0 Å². The Balaban J connectivity index is 2.04. The molecule has 1 aliphatic rings. The maximum absolute atomic E-state index is 13.9. The normalized spacial score (nSPS) is 16.5. The minimum absolute atomic E-state index is 0.0893. The number of halogens is 1. The van der Waals surface area contributed by atoms with Crippen LogP contribution in [0.3, 0.4) is 0 Å². The minimum Gasteiger partial charge on any atom is -0.353 e. The molecule has 0 spiro atoms. The van der Waals surface area contributed by atoms with Gasteiger partial charge < -0.3 is 15.5 Å². The summed E-state index contributed by atoms with van der Waals surface area (Å²) in [5, 5.41) is 0.896. The molecule has 0 saturated carbocycles. The van der Waals surface area contributed by atoms with Crippen LogP contribution in [-0.4, -0.2) is 42.0 Å². The third-order valence-corrected chi connectivity index (χ3v) is 4.70. The Kier molecular flexibility index (Phi) is 4.41. The number of nitrogens with two attached hydrogens (primary N) is 1. The first kappa shape index (κ1) is 16.6. The number of aryl methyl sites for hydroxylation is 1. The SMILES string of the molecule is CC(=O)N1CCN(c2nc3c(C)c(F)ccc3cc2[C@H](C)N)CC1. The average molecular weight is 330 g/mol. The van der Waals surface area contributed by atoms with Crippen molar-refractivity contribution in [2.24, 2.45) is 5.73 Å². The quantitative estimate of drug-likeness (QED) is 0.918. The van der Waals surface area contributed by atoms with Gasteiger partial charge in [0.05, 0.1) is 5.52 Å². The molecule has 1 amide bonds. The number of rotatable bonds is 2. The minimum atomic E-state index is -0.254. The van der Waals surface area contributed by atoms with E-state index in [2.05, 4.69) is 4.90 Å². The molecular weight excluding hydrogens is 307 g/mol. The second-order valence-electron chi connectivity index (χ2n) is 6.43.